The number of thiophene rings is 1. The molecule has 3 heteroatoms. The van der Waals surface area contributed by atoms with Crippen molar-refractivity contribution < 1.29 is 4.74 Å². The van der Waals surface area contributed by atoms with Crippen LogP contribution in [0.2, 0.25) is 0 Å². The molecular formula is C15H17NOS. The monoisotopic (exact) mass is 259 g/mol. The van der Waals surface area contributed by atoms with Gasteiger partial charge in [0.15, 0.2) is 0 Å². The molecule has 18 heavy (non-hydrogen) atoms. The molecule has 0 N–H and O–H groups in total. The summed E-state index contributed by atoms with van der Waals surface area (Å²) in [6.45, 7) is 2.42. The Labute approximate surface area is 112 Å². The number of ether oxygens (including phenoxy) is 1. The summed E-state index contributed by atoms with van der Waals surface area (Å²) in [7, 11) is 1.70. The summed E-state index contributed by atoms with van der Waals surface area (Å²) in [5.74, 6) is 0.911. The lowest BCUT2D eigenvalue weighted by atomic mass is 10.1. The van der Waals surface area contributed by atoms with E-state index in [0.29, 0.717) is 0 Å². The molecule has 1 aromatic carbocycles. The quantitative estimate of drug-likeness (QED) is 0.825. The average Bonchev–Trinajstić information content (AvgIpc) is 3.09. The van der Waals surface area contributed by atoms with Crippen LogP contribution in [-0.4, -0.2) is 20.2 Å². The zero-order valence-electron chi connectivity index (χ0n) is 10.6. The summed E-state index contributed by atoms with van der Waals surface area (Å²) < 4.78 is 5.19. The van der Waals surface area contributed by atoms with E-state index in [4.69, 9.17) is 4.74 Å². The average molecular weight is 259 g/mol. The predicted octanol–water partition coefficient (Wildman–Crippen LogP) is 4.02. The van der Waals surface area contributed by atoms with Crippen molar-refractivity contribution in [1.82, 2.24) is 0 Å². The first-order valence-corrected chi connectivity index (χ1v) is 7.23. The highest BCUT2D eigenvalue weighted by Gasteiger charge is 2.14. The van der Waals surface area contributed by atoms with E-state index in [0.717, 1.165) is 5.75 Å². The molecule has 0 unspecified atom stereocenters. The fraction of sp³-hybridized carbons (Fsp3) is 0.333. The van der Waals surface area contributed by atoms with E-state index in [-0.39, 0.29) is 0 Å². The maximum absolute atomic E-state index is 5.19. The molecule has 0 saturated carbocycles. The van der Waals surface area contributed by atoms with Crippen LogP contribution < -0.4 is 9.64 Å². The molecular weight excluding hydrogens is 242 g/mol. The third-order valence-electron chi connectivity index (χ3n) is 3.43. The zero-order valence-corrected chi connectivity index (χ0v) is 11.4. The number of hydrogen-bond donors (Lipinski definition) is 0. The van der Waals surface area contributed by atoms with Gasteiger partial charge in [-0.3, -0.25) is 0 Å². The predicted molar refractivity (Wildman–Crippen MR) is 77.8 cm³/mol. The highest BCUT2D eigenvalue weighted by molar-refractivity contribution is 7.14. The van der Waals surface area contributed by atoms with Crippen molar-refractivity contribution in [3.8, 4) is 16.9 Å². The van der Waals surface area contributed by atoms with E-state index in [1.54, 1.807) is 7.11 Å². The minimum absolute atomic E-state index is 0.911. The Morgan fingerprint density at radius 1 is 1.06 bits per heavy atom. The second-order valence-electron chi connectivity index (χ2n) is 4.60. The van der Waals surface area contributed by atoms with Crippen molar-refractivity contribution in [2.24, 2.45) is 0 Å². The minimum atomic E-state index is 0.911. The van der Waals surface area contributed by atoms with Gasteiger partial charge >= 0.3 is 0 Å². The van der Waals surface area contributed by atoms with Crippen LogP contribution in [-0.2, 0) is 0 Å². The van der Waals surface area contributed by atoms with E-state index < -0.39 is 0 Å². The second-order valence-corrected chi connectivity index (χ2v) is 5.49. The molecule has 3 rings (SSSR count). The van der Waals surface area contributed by atoms with E-state index in [1.165, 1.54) is 42.1 Å². The van der Waals surface area contributed by atoms with Crippen molar-refractivity contribution in [2.75, 3.05) is 25.1 Å². The maximum Gasteiger partial charge on any atom is 0.118 e. The van der Waals surface area contributed by atoms with Gasteiger partial charge in [0.25, 0.3) is 0 Å². The summed E-state index contributed by atoms with van der Waals surface area (Å²) in [4.78, 5) is 2.48. The van der Waals surface area contributed by atoms with Gasteiger partial charge in [-0.05, 0) is 42.2 Å². The Hall–Kier alpha value is -1.48. The van der Waals surface area contributed by atoms with Crippen LogP contribution >= 0.6 is 11.3 Å². The highest BCUT2D eigenvalue weighted by Crippen LogP contribution is 2.33. The van der Waals surface area contributed by atoms with Crippen molar-refractivity contribution in [3.05, 3.63) is 35.7 Å². The normalized spacial score (nSPS) is 15.1. The number of benzene rings is 1. The van der Waals surface area contributed by atoms with Crippen LogP contribution in [0.4, 0.5) is 5.00 Å². The summed E-state index contributed by atoms with van der Waals surface area (Å²) in [6, 6.07) is 10.6. The van der Waals surface area contributed by atoms with Crippen molar-refractivity contribution in [1.29, 1.82) is 0 Å². The van der Waals surface area contributed by atoms with Gasteiger partial charge in [-0.15, -0.1) is 11.3 Å². The van der Waals surface area contributed by atoms with Crippen LogP contribution in [0.1, 0.15) is 12.8 Å². The SMILES string of the molecule is COc1ccc(-c2csc(N3CCCC3)c2)cc1. The first-order chi connectivity index (χ1) is 8.86. The van der Waals surface area contributed by atoms with Crippen LogP contribution in [0.5, 0.6) is 5.75 Å². The molecule has 0 atom stereocenters. The standard InChI is InChI=1S/C15H17NOS/c1-17-14-6-4-12(5-7-14)13-10-15(18-11-13)16-8-2-3-9-16/h4-7,10-11H,2-3,8-9H2,1H3. The van der Waals surface area contributed by atoms with Gasteiger partial charge in [0.1, 0.15) is 5.75 Å². The first-order valence-electron chi connectivity index (χ1n) is 6.35. The van der Waals surface area contributed by atoms with Crippen molar-refractivity contribution in [3.63, 3.8) is 0 Å². The Morgan fingerprint density at radius 2 is 1.78 bits per heavy atom. The molecule has 0 aliphatic carbocycles. The molecule has 0 bridgehead atoms. The summed E-state index contributed by atoms with van der Waals surface area (Å²) >= 11 is 1.85. The Kier molecular flexibility index (Phi) is 3.24. The fourth-order valence-electron chi connectivity index (χ4n) is 2.36. The number of rotatable bonds is 3. The van der Waals surface area contributed by atoms with Crippen molar-refractivity contribution >= 4 is 16.3 Å². The van der Waals surface area contributed by atoms with Crippen LogP contribution in [0.3, 0.4) is 0 Å². The Bertz CT molecular complexity index is 512. The molecule has 1 aliphatic heterocycles. The molecule has 1 saturated heterocycles. The lowest BCUT2D eigenvalue weighted by molar-refractivity contribution is 0.415. The fourth-order valence-corrected chi connectivity index (χ4v) is 3.34. The number of hydrogen-bond acceptors (Lipinski definition) is 3. The van der Waals surface area contributed by atoms with E-state index in [1.807, 2.05) is 23.5 Å². The van der Waals surface area contributed by atoms with E-state index >= 15 is 0 Å². The van der Waals surface area contributed by atoms with Gasteiger partial charge in [-0.1, -0.05) is 12.1 Å². The summed E-state index contributed by atoms with van der Waals surface area (Å²) in [5.41, 5.74) is 2.57. The van der Waals surface area contributed by atoms with E-state index in [9.17, 15) is 0 Å². The van der Waals surface area contributed by atoms with Gasteiger partial charge in [0.05, 0.1) is 12.1 Å². The van der Waals surface area contributed by atoms with Gasteiger partial charge in [-0.25, -0.2) is 0 Å². The molecule has 0 spiro atoms. The second kappa shape index (κ2) is 5.02. The number of anilines is 1. The number of nitrogens with zero attached hydrogens (tertiary/aromatic N) is 1. The molecule has 1 fully saturated rings. The molecule has 2 heterocycles. The summed E-state index contributed by atoms with van der Waals surface area (Å²) in [5, 5.41) is 3.65. The Morgan fingerprint density at radius 3 is 2.44 bits per heavy atom. The van der Waals surface area contributed by atoms with Crippen LogP contribution in [0.25, 0.3) is 11.1 Å². The smallest absolute Gasteiger partial charge is 0.118 e. The minimum Gasteiger partial charge on any atom is -0.497 e. The lowest BCUT2D eigenvalue weighted by Gasteiger charge is -2.13. The molecule has 0 amide bonds. The Balaban J connectivity index is 1.82. The van der Waals surface area contributed by atoms with Crippen molar-refractivity contribution in [2.45, 2.75) is 12.8 Å². The van der Waals surface area contributed by atoms with E-state index in [2.05, 4.69) is 28.5 Å². The molecule has 1 aromatic heterocycles. The lowest BCUT2D eigenvalue weighted by Crippen LogP contribution is -2.15. The molecule has 2 aromatic rings. The largest absolute Gasteiger partial charge is 0.497 e. The van der Waals surface area contributed by atoms with Gasteiger partial charge in [-0.2, -0.15) is 0 Å². The zero-order chi connectivity index (χ0) is 12.4. The first kappa shape index (κ1) is 11.6. The topological polar surface area (TPSA) is 12.5 Å². The number of methoxy groups -OCH3 is 1. The van der Waals surface area contributed by atoms with Crippen LogP contribution in [0.15, 0.2) is 35.7 Å². The molecule has 1 aliphatic rings. The van der Waals surface area contributed by atoms with Gasteiger partial charge < -0.3 is 9.64 Å². The van der Waals surface area contributed by atoms with Gasteiger partial charge in [0.2, 0.25) is 0 Å². The van der Waals surface area contributed by atoms with Gasteiger partial charge in [0, 0.05) is 18.5 Å². The molecule has 94 valence electrons. The third kappa shape index (κ3) is 2.23. The summed E-state index contributed by atoms with van der Waals surface area (Å²) in [6.07, 6.45) is 2.66. The molecule has 0 radical (unpaired) electrons. The third-order valence-corrected chi connectivity index (χ3v) is 4.42. The maximum atomic E-state index is 5.19. The van der Waals surface area contributed by atoms with Crippen LogP contribution in [0, 0.1) is 0 Å². The molecule has 2 nitrogen and oxygen atoms in total. The highest BCUT2D eigenvalue weighted by atomic mass is 32.1.